The number of benzene rings is 2. The van der Waals surface area contributed by atoms with Gasteiger partial charge >= 0.3 is 0 Å². The zero-order chi connectivity index (χ0) is 19.9. The molecule has 1 saturated heterocycles. The highest BCUT2D eigenvalue weighted by molar-refractivity contribution is 5.97. The van der Waals surface area contributed by atoms with E-state index < -0.39 is 12.1 Å². The minimum absolute atomic E-state index is 0.131. The van der Waals surface area contributed by atoms with E-state index in [2.05, 4.69) is 21.6 Å². The monoisotopic (exact) mass is 380 g/mol. The molecule has 0 saturated carbocycles. The summed E-state index contributed by atoms with van der Waals surface area (Å²) in [6, 6.07) is 16.2. The van der Waals surface area contributed by atoms with Crippen LogP contribution in [0.4, 0.5) is 11.4 Å². The largest absolute Gasteiger partial charge is 0.371 e. The second-order valence-corrected chi connectivity index (χ2v) is 7.24. The fraction of sp³-hybridized carbons (Fsp3) is 0.364. The molecule has 6 nitrogen and oxygen atoms in total. The Morgan fingerprint density at radius 2 is 1.79 bits per heavy atom. The molecule has 0 bridgehead atoms. The molecule has 2 unspecified atom stereocenters. The maximum absolute atomic E-state index is 12.5. The van der Waals surface area contributed by atoms with Gasteiger partial charge in [0.2, 0.25) is 11.8 Å². The Bertz CT molecular complexity index is 803. The van der Waals surface area contributed by atoms with Crippen LogP contribution in [0.2, 0.25) is 0 Å². The van der Waals surface area contributed by atoms with E-state index in [0.717, 1.165) is 30.0 Å². The zero-order valence-electron chi connectivity index (χ0n) is 16.2. The Kier molecular flexibility index (Phi) is 6.66. The second-order valence-electron chi connectivity index (χ2n) is 7.24. The average Bonchev–Trinajstić information content (AvgIpc) is 3.23. The van der Waals surface area contributed by atoms with Crippen molar-refractivity contribution in [3.05, 3.63) is 60.2 Å². The molecule has 1 heterocycles. The Morgan fingerprint density at radius 3 is 2.50 bits per heavy atom. The third-order valence-corrected chi connectivity index (χ3v) is 4.99. The fourth-order valence-corrected chi connectivity index (χ4v) is 3.39. The minimum Gasteiger partial charge on any atom is -0.371 e. The molecule has 0 radical (unpaired) electrons. The third kappa shape index (κ3) is 5.33. The first-order valence-electron chi connectivity index (χ1n) is 9.78. The zero-order valence-corrected chi connectivity index (χ0v) is 16.2. The molecule has 2 atom stereocenters. The van der Waals surface area contributed by atoms with Gasteiger partial charge in [-0.1, -0.05) is 36.4 Å². The van der Waals surface area contributed by atoms with Crippen LogP contribution in [0.1, 0.15) is 37.8 Å². The molecule has 0 aromatic heterocycles. The molecule has 1 aliphatic heterocycles. The van der Waals surface area contributed by atoms with Crippen molar-refractivity contribution < 1.29 is 9.59 Å². The molecule has 0 aliphatic carbocycles. The Morgan fingerprint density at radius 1 is 1.07 bits per heavy atom. The van der Waals surface area contributed by atoms with Crippen LogP contribution in [-0.2, 0) is 9.59 Å². The Labute approximate surface area is 166 Å². The minimum atomic E-state index is -0.647. The van der Waals surface area contributed by atoms with Gasteiger partial charge in [0.05, 0.1) is 0 Å². The van der Waals surface area contributed by atoms with Crippen LogP contribution in [0.3, 0.4) is 0 Å². The lowest BCUT2D eigenvalue weighted by atomic mass is 10.0. The van der Waals surface area contributed by atoms with Crippen molar-refractivity contribution in [2.45, 2.75) is 38.3 Å². The van der Waals surface area contributed by atoms with E-state index in [1.165, 1.54) is 12.8 Å². The van der Waals surface area contributed by atoms with Crippen molar-refractivity contribution in [2.24, 2.45) is 5.73 Å². The second kappa shape index (κ2) is 9.37. The summed E-state index contributed by atoms with van der Waals surface area (Å²) in [5.74, 6) is -0.495. The molecular formula is C22H28N4O2. The first-order valence-corrected chi connectivity index (χ1v) is 9.78. The number of nitrogens with zero attached hydrogens (tertiary/aromatic N) is 1. The van der Waals surface area contributed by atoms with Crippen LogP contribution < -0.4 is 21.3 Å². The molecule has 28 heavy (non-hydrogen) atoms. The number of hydrogen-bond acceptors (Lipinski definition) is 4. The Hall–Kier alpha value is -2.86. The summed E-state index contributed by atoms with van der Waals surface area (Å²) in [6.07, 6.45) is 2.53. The van der Waals surface area contributed by atoms with E-state index in [4.69, 9.17) is 5.73 Å². The van der Waals surface area contributed by atoms with Gasteiger partial charge in [0.15, 0.2) is 0 Å². The van der Waals surface area contributed by atoms with Gasteiger partial charge < -0.3 is 21.3 Å². The van der Waals surface area contributed by atoms with E-state index in [-0.39, 0.29) is 18.2 Å². The van der Waals surface area contributed by atoms with Crippen LogP contribution >= 0.6 is 0 Å². The summed E-state index contributed by atoms with van der Waals surface area (Å²) < 4.78 is 0. The lowest BCUT2D eigenvalue weighted by Crippen LogP contribution is -2.42. The first kappa shape index (κ1) is 19.9. The summed E-state index contributed by atoms with van der Waals surface area (Å²) in [5.41, 5.74) is 8.82. The first-order chi connectivity index (χ1) is 13.5. The van der Waals surface area contributed by atoms with Crippen LogP contribution in [0.15, 0.2) is 54.6 Å². The standard InChI is InChI=1S/C22H28N4O2/c1-16(24-21(27)15-20(23)17-8-3-2-4-9-17)22(28)25-18-10-7-11-19(14-18)26-12-5-6-13-26/h2-4,7-11,14,16,20H,5-6,12-13,15,23H2,1H3,(H,24,27)(H,25,28). The van der Waals surface area contributed by atoms with Crippen molar-refractivity contribution in [3.8, 4) is 0 Å². The number of anilines is 2. The van der Waals surface area contributed by atoms with Gasteiger partial charge in [-0.05, 0) is 43.5 Å². The molecular weight excluding hydrogens is 352 g/mol. The predicted molar refractivity (Wildman–Crippen MR) is 112 cm³/mol. The molecule has 1 fully saturated rings. The maximum atomic E-state index is 12.5. The fourth-order valence-electron chi connectivity index (χ4n) is 3.39. The summed E-state index contributed by atoms with van der Waals surface area (Å²) in [5, 5.41) is 5.61. The molecule has 6 heteroatoms. The summed E-state index contributed by atoms with van der Waals surface area (Å²) in [4.78, 5) is 27.0. The van der Waals surface area contributed by atoms with Crippen LogP contribution in [0, 0.1) is 0 Å². The van der Waals surface area contributed by atoms with Crippen LogP contribution in [0.25, 0.3) is 0 Å². The van der Waals surface area contributed by atoms with E-state index in [9.17, 15) is 9.59 Å². The van der Waals surface area contributed by atoms with E-state index in [1.54, 1.807) is 6.92 Å². The van der Waals surface area contributed by atoms with E-state index >= 15 is 0 Å². The molecule has 3 rings (SSSR count). The maximum Gasteiger partial charge on any atom is 0.246 e. The average molecular weight is 380 g/mol. The number of nitrogens with two attached hydrogens (primary N) is 1. The quantitative estimate of drug-likeness (QED) is 0.689. The smallest absolute Gasteiger partial charge is 0.246 e. The normalized spacial score (nSPS) is 15.7. The van der Waals surface area contributed by atoms with Gasteiger partial charge in [-0.25, -0.2) is 0 Å². The highest BCUT2D eigenvalue weighted by Gasteiger charge is 2.19. The summed E-state index contributed by atoms with van der Waals surface area (Å²) in [6.45, 7) is 3.77. The highest BCUT2D eigenvalue weighted by atomic mass is 16.2. The number of amides is 2. The van der Waals surface area contributed by atoms with E-state index in [0.29, 0.717) is 0 Å². The number of hydrogen-bond donors (Lipinski definition) is 3. The van der Waals surface area contributed by atoms with Crippen molar-refractivity contribution in [1.29, 1.82) is 0 Å². The summed E-state index contributed by atoms with van der Waals surface area (Å²) in [7, 11) is 0. The highest BCUT2D eigenvalue weighted by Crippen LogP contribution is 2.23. The van der Waals surface area contributed by atoms with Gasteiger partial charge in [-0.2, -0.15) is 0 Å². The lowest BCUT2D eigenvalue weighted by Gasteiger charge is -2.19. The van der Waals surface area contributed by atoms with Gasteiger partial charge in [0, 0.05) is 36.9 Å². The van der Waals surface area contributed by atoms with Crippen LogP contribution in [-0.4, -0.2) is 30.9 Å². The van der Waals surface area contributed by atoms with Crippen molar-refractivity contribution in [2.75, 3.05) is 23.3 Å². The van der Waals surface area contributed by atoms with Gasteiger partial charge in [-0.3, -0.25) is 9.59 Å². The molecule has 2 aromatic carbocycles. The molecule has 148 valence electrons. The lowest BCUT2D eigenvalue weighted by molar-refractivity contribution is -0.126. The van der Waals surface area contributed by atoms with Crippen molar-refractivity contribution in [1.82, 2.24) is 5.32 Å². The predicted octanol–water partition coefficient (Wildman–Crippen LogP) is 2.82. The van der Waals surface area contributed by atoms with Gasteiger partial charge in [0.1, 0.15) is 6.04 Å². The molecule has 0 spiro atoms. The molecule has 4 N–H and O–H groups in total. The number of carbonyl (C=O) groups is 2. The van der Waals surface area contributed by atoms with Crippen molar-refractivity contribution >= 4 is 23.2 Å². The Balaban J connectivity index is 1.51. The van der Waals surface area contributed by atoms with Gasteiger partial charge in [0.25, 0.3) is 0 Å². The number of rotatable bonds is 7. The van der Waals surface area contributed by atoms with Crippen LogP contribution in [0.5, 0.6) is 0 Å². The SMILES string of the molecule is CC(NC(=O)CC(N)c1ccccc1)C(=O)Nc1cccc(N2CCCC2)c1. The topological polar surface area (TPSA) is 87.5 Å². The molecule has 1 aliphatic rings. The third-order valence-electron chi connectivity index (χ3n) is 4.99. The molecule has 2 amide bonds. The number of nitrogens with one attached hydrogen (secondary N) is 2. The van der Waals surface area contributed by atoms with Gasteiger partial charge in [-0.15, -0.1) is 0 Å². The number of carbonyl (C=O) groups excluding carboxylic acids is 2. The summed E-state index contributed by atoms with van der Waals surface area (Å²) >= 11 is 0. The van der Waals surface area contributed by atoms with Crippen molar-refractivity contribution in [3.63, 3.8) is 0 Å². The molecule has 2 aromatic rings. The van der Waals surface area contributed by atoms with E-state index in [1.807, 2.05) is 48.5 Å².